The van der Waals surface area contributed by atoms with Crippen molar-refractivity contribution in [2.75, 3.05) is 6.54 Å². The van der Waals surface area contributed by atoms with Gasteiger partial charge >= 0.3 is 5.97 Å². The fourth-order valence-corrected chi connectivity index (χ4v) is 4.19. The fraction of sp³-hybridized carbons (Fsp3) is 0.938. The van der Waals surface area contributed by atoms with Crippen molar-refractivity contribution >= 4 is 5.97 Å². The van der Waals surface area contributed by atoms with Crippen LogP contribution in [0, 0.1) is 11.3 Å². The Labute approximate surface area is 117 Å². The summed E-state index contributed by atoms with van der Waals surface area (Å²) < 4.78 is 0. The van der Waals surface area contributed by atoms with Gasteiger partial charge in [-0.2, -0.15) is 0 Å². The second-order valence-corrected chi connectivity index (χ2v) is 7.15. The van der Waals surface area contributed by atoms with E-state index in [1.165, 1.54) is 32.1 Å². The molecule has 1 N–H and O–H groups in total. The number of aliphatic carboxylic acids is 1. The number of hydrogen-bond acceptors (Lipinski definition) is 2. The van der Waals surface area contributed by atoms with Gasteiger partial charge in [0.05, 0.1) is 0 Å². The molecule has 1 aliphatic heterocycles. The van der Waals surface area contributed by atoms with Gasteiger partial charge in [-0.1, -0.05) is 27.2 Å². The average Bonchev–Trinajstić information content (AvgIpc) is 2.37. The van der Waals surface area contributed by atoms with Crippen LogP contribution < -0.4 is 0 Å². The van der Waals surface area contributed by atoms with Gasteiger partial charge in [0.25, 0.3) is 0 Å². The van der Waals surface area contributed by atoms with E-state index >= 15 is 0 Å². The predicted molar refractivity (Wildman–Crippen MR) is 77.2 cm³/mol. The standard InChI is InChI=1S/C16H29NO2/c1-4-12-6-8-13(9-7-12)17-11-5-10-16(2,3)14(17)15(18)19/h12-14H,4-11H2,1-3H3,(H,18,19). The Morgan fingerprint density at radius 1 is 1.26 bits per heavy atom. The first-order valence-corrected chi connectivity index (χ1v) is 7.94. The minimum atomic E-state index is -0.623. The summed E-state index contributed by atoms with van der Waals surface area (Å²) in [5.74, 6) is 0.250. The van der Waals surface area contributed by atoms with Gasteiger partial charge in [0.2, 0.25) is 0 Å². The largest absolute Gasteiger partial charge is 0.480 e. The highest BCUT2D eigenvalue weighted by atomic mass is 16.4. The Hall–Kier alpha value is -0.570. The smallest absolute Gasteiger partial charge is 0.321 e. The van der Waals surface area contributed by atoms with Crippen LogP contribution in [0.5, 0.6) is 0 Å². The van der Waals surface area contributed by atoms with E-state index in [1.807, 2.05) is 0 Å². The number of carboxylic acid groups (broad SMARTS) is 1. The molecule has 0 radical (unpaired) electrons. The number of piperidine rings is 1. The summed E-state index contributed by atoms with van der Waals surface area (Å²) in [5, 5.41) is 9.63. The lowest BCUT2D eigenvalue weighted by atomic mass is 9.74. The molecule has 1 unspecified atom stereocenters. The highest BCUT2D eigenvalue weighted by Gasteiger charge is 2.45. The molecule has 1 saturated heterocycles. The molecule has 2 fully saturated rings. The lowest BCUT2D eigenvalue weighted by Gasteiger charge is -2.49. The Morgan fingerprint density at radius 2 is 1.89 bits per heavy atom. The van der Waals surface area contributed by atoms with Gasteiger partial charge in [0.1, 0.15) is 6.04 Å². The van der Waals surface area contributed by atoms with Crippen LogP contribution >= 0.6 is 0 Å². The minimum Gasteiger partial charge on any atom is -0.480 e. The zero-order valence-corrected chi connectivity index (χ0v) is 12.7. The van der Waals surface area contributed by atoms with Gasteiger partial charge in [-0.3, -0.25) is 9.69 Å². The number of carboxylic acids is 1. The summed E-state index contributed by atoms with van der Waals surface area (Å²) in [4.78, 5) is 14.0. The molecule has 1 heterocycles. The predicted octanol–water partition coefficient (Wildman–Crippen LogP) is 3.53. The van der Waals surface area contributed by atoms with Crippen LogP contribution in [0.2, 0.25) is 0 Å². The van der Waals surface area contributed by atoms with Crippen molar-refractivity contribution < 1.29 is 9.90 Å². The second-order valence-electron chi connectivity index (χ2n) is 7.15. The third kappa shape index (κ3) is 3.13. The molecule has 2 aliphatic rings. The van der Waals surface area contributed by atoms with Crippen molar-refractivity contribution in [3.8, 4) is 0 Å². The number of rotatable bonds is 3. The van der Waals surface area contributed by atoms with E-state index in [0.717, 1.165) is 25.3 Å². The molecule has 3 nitrogen and oxygen atoms in total. The molecule has 0 aromatic rings. The second kappa shape index (κ2) is 5.82. The van der Waals surface area contributed by atoms with Crippen molar-refractivity contribution in [3.05, 3.63) is 0 Å². The molecule has 0 bridgehead atoms. The summed E-state index contributed by atoms with van der Waals surface area (Å²) in [6.45, 7) is 7.49. The Kier molecular flexibility index (Phi) is 4.54. The molecule has 1 atom stereocenters. The highest BCUT2D eigenvalue weighted by Crippen LogP contribution is 2.39. The van der Waals surface area contributed by atoms with Crippen molar-refractivity contribution in [1.29, 1.82) is 0 Å². The third-order valence-corrected chi connectivity index (χ3v) is 5.41. The minimum absolute atomic E-state index is 0.0916. The van der Waals surface area contributed by atoms with E-state index in [2.05, 4.69) is 25.7 Å². The Balaban J connectivity index is 2.07. The van der Waals surface area contributed by atoms with Gasteiger partial charge in [-0.25, -0.2) is 0 Å². The van der Waals surface area contributed by atoms with Crippen LogP contribution in [0.15, 0.2) is 0 Å². The molecule has 3 heteroatoms. The molecule has 2 rings (SSSR count). The van der Waals surface area contributed by atoms with E-state index < -0.39 is 5.97 Å². The maximum Gasteiger partial charge on any atom is 0.321 e. The summed E-state index contributed by atoms with van der Waals surface area (Å²) in [6.07, 6.45) is 8.40. The lowest BCUT2D eigenvalue weighted by molar-refractivity contribution is -0.153. The first kappa shape index (κ1) is 14.8. The zero-order chi connectivity index (χ0) is 14.0. The fourth-order valence-electron chi connectivity index (χ4n) is 4.19. The number of nitrogens with zero attached hydrogens (tertiary/aromatic N) is 1. The molecule has 0 spiro atoms. The highest BCUT2D eigenvalue weighted by molar-refractivity contribution is 5.74. The van der Waals surface area contributed by atoms with Gasteiger partial charge in [-0.05, 0) is 56.4 Å². The van der Waals surface area contributed by atoms with Crippen molar-refractivity contribution in [2.24, 2.45) is 11.3 Å². The Morgan fingerprint density at radius 3 is 2.42 bits per heavy atom. The molecular formula is C16H29NO2. The molecule has 0 amide bonds. The average molecular weight is 267 g/mol. The molecule has 1 aliphatic carbocycles. The van der Waals surface area contributed by atoms with Crippen LogP contribution in [-0.4, -0.2) is 34.6 Å². The summed E-state index contributed by atoms with van der Waals surface area (Å²) in [6, 6.07) is 0.216. The van der Waals surface area contributed by atoms with Gasteiger partial charge in [0.15, 0.2) is 0 Å². The van der Waals surface area contributed by atoms with E-state index in [1.54, 1.807) is 0 Å². The van der Waals surface area contributed by atoms with Crippen LogP contribution in [-0.2, 0) is 4.79 Å². The van der Waals surface area contributed by atoms with E-state index in [-0.39, 0.29) is 11.5 Å². The van der Waals surface area contributed by atoms with Crippen LogP contribution in [0.4, 0.5) is 0 Å². The van der Waals surface area contributed by atoms with Crippen molar-refractivity contribution in [1.82, 2.24) is 4.90 Å². The first-order chi connectivity index (χ1) is 8.95. The normalized spacial score (nSPS) is 36.1. The van der Waals surface area contributed by atoms with E-state index in [4.69, 9.17) is 0 Å². The van der Waals surface area contributed by atoms with Gasteiger partial charge in [-0.15, -0.1) is 0 Å². The molecule has 110 valence electrons. The maximum absolute atomic E-state index is 11.7. The summed E-state index contributed by atoms with van der Waals surface area (Å²) in [7, 11) is 0. The molecule has 0 aromatic carbocycles. The molecular weight excluding hydrogens is 238 g/mol. The number of carbonyl (C=O) groups is 1. The summed E-state index contributed by atoms with van der Waals surface area (Å²) in [5.41, 5.74) is -0.0916. The maximum atomic E-state index is 11.7. The van der Waals surface area contributed by atoms with Crippen molar-refractivity contribution in [3.63, 3.8) is 0 Å². The lowest BCUT2D eigenvalue weighted by Crippen LogP contribution is -2.58. The summed E-state index contributed by atoms with van der Waals surface area (Å²) >= 11 is 0. The molecule has 1 saturated carbocycles. The topological polar surface area (TPSA) is 40.5 Å². The first-order valence-electron chi connectivity index (χ1n) is 7.94. The van der Waals surface area contributed by atoms with E-state index in [0.29, 0.717) is 6.04 Å². The molecule has 19 heavy (non-hydrogen) atoms. The van der Waals surface area contributed by atoms with E-state index in [9.17, 15) is 9.90 Å². The van der Waals surface area contributed by atoms with Crippen LogP contribution in [0.25, 0.3) is 0 Å². The monoisotopic (exact) mass is 267 g/mol. The zero-order valence-electron chi connectivity index (χ0n) is 12.7. The number of likely N-dealkylation sites (tertiary alicyclic amines) is 1. The quantitative estimate of drug-likeness (QED) is 0.850. The Bertz CT molecular complexity index is 319. The number of hydrogen-bond donors (Lipinski definition) is 1. The van der Waals surface area contributed by atoms with Crippen LogP contribution in [0.3, 0.4) is 0 Å². The molecule has 0 aromatic heterocycles. The van der Waals surface area contributed by atoms with Gasteiger partial charge in [0, 0.05) is 6.04 Å². The third-order valence-electron chi connectivity index (χ3n) is 5.41. The SMILES string of the molecule is CCC1CCC(N2CCCC(C)(C)C2C(=O)O)CC1. The van der Waals surface area contributed by atoms with Crippen LogP contribution in [0.1, 0.15) is 65.7 Å². The van der Waals surface area contributed by atoms with Gasteiger partial charge < -0.3 is 5.11 Å². The van der Waals surface area contributed by atoms with Crippen molar-refractivity contribution in [2.45, 2.75) is 77.8 Å².